The summed E-state index contributed by atoms with van der Waals surface area (Å²) < 4.78 is 5.16. The molecule has 0 saturated carbocycles. The Hall–Kier alpha value is -0.240. The molecular weight excluding hydrogens is 204 g/mol. The Bertz CT molecular complexity index is 163. The summed E-state index contributed by atoms with van der Waals surface area (Å²) in [5.41, 5.74) is 0. The summed E-state index contributed by atoms with van der Waals surface area (Å²) in [7, 11) is 0. The molecule has 5 N–H and O–H groups in total. The minimum absolute atomic E-state index is 0.281. The van der Waals surface area contributed by atoms with E-state index in [1.165, 1.54) is 0 Å². The molecule has 6 nitrogen and oxygen atoms in total. The van der Waals surface area contributed by atoms with Crippen molar-refractivity contribution in [1.29, 1.82) is 0 Å². The Labute approximate surface area is 88.7 Å². The first-order valence-corrected chi connectivity index (χ1v) is 4.85. The van der Waals surface area contributed by atoms with Gasteiger partial charge in [0, 0.05) is 0 Å². The molecular formula is C9H20O6. The van der Waals surface area contributed by atoms with Gasteiger partial charge in [-0.25, -0.2) is 0 Å². The minimum Gasteiger partial charge on any atom is -0.394 e. The summed E-state index contributed by atoms with van der Waals surface area (Å²) in [4.78, 5) is 0. The van der Waals surface area contributed by atoms with Crippen LogP contribution in [-0.4, -0.2) is 69.3 Å². The van der Waals surface area contributed by atoms with Crippen LogP contribution in [0.5, 0.6) is 0 Å². The summed E-state index contributed by atoms with van der Waals surface area (Å²) in [5.74, 6) is 0. The van der Waals surface area contributed by atoms with Gasteiger partial charge >= 0.3 is 0 Å². The fraction of sp³-hybridized carbons (Fsp3) is 1.00. The molecule has 0 aliphatic heterocycles. The van der Waals surface area contributed by atoms with Gasteiger partial charge in [0.2, 0.25) is 0 Å². The summed E-state index contributed by atoms with van der Waals surface area (Å²) >= 11 is 0. The van der Waals surface area contributed by atoms with Crippen LogP contribution < -0.4 is 0 Å². The van der Waals surface area contributed by atoms with Crippen molar-refractivity contribution in [3.8, 4) is 0 Å². The molecule has 15 heavy (non-hydrogen) atoms. The highest BCUT2D eigenvalue weighted by molar-refractivity contribution is 4.82. The number of aliphatic hydroxyl groups is 5. The number of rotatable bonds is 7. The third kappa shape index (κ3) is 4.87. The molecule has 0 aliphatic rings. The molecule has 0 heterocycles. The van der Waals surface area contributed by atoms with Gasteiger partial charge in [0.25, 0.3) is 0 Å². The maximum Gasteiger partial charge on any atom is 0.114 e. The molecule has 0 unspecified atom stereocenters. The van der Waals surface area contributed by atoms with E-state index in [0.717, 1.165) is 0 Å². The molecule has 0 aromatic carbocycles. The van der Waals surface area contributed by atoms with E-state index in [-0.39, 0.29) is 6.10 Å². The van der Waals surface area contributed by atoms with E-state index in [0.29, 0.717) is 0 Å². The van der Waals surface area contributed by atoms with Gasteiger partial charge in [0.15, 0.2) is 0 Å². The predicted octanol–water partition coefficient (Wildman–Crippen LogP) is -2.15. The molecule has 0 spiro atoms. The smallest absolute Gasteiger partial charge is 0.114 e. The van der Waals surface area contributed by atoms with Crippen LogP contribution in [-0.2, 0) is 4.74 Å². The summed E-state index contributed by atoms with van der Waals surface area (Å²) in [5, 5.41) is 45.4. The predicted molar refractivity (Wildman–Crippen MR) is 52.2 cm³/mol. The molecule has 0 aliphatic carbocycles. The highest BCUT2D eigenvalue weighted by Crippen LogP contribution is 2.11. The highest BCUT2D eigenvalue weighted by Gasteiger charge is 2.32. The second-order valence-electron chi connectivity index (χ2n) is 3.64. The van der Waals surface area contributed by atoms with Gasteiger partial charge in [0.05, 0.1) is 19.3 Å². The number of hydrogen-bond donors (Lipinski definition) is 5. The van der Waals surface area contributed by atoms with Crippen molar-refractivity contribution in [3.05, 3.63) is 0 Å². The zero-order valence-electron chi connectivity index (χ0n) is 8.95. The largest absolute Gasteiger partial charge is 0.394 e. The quantitative estimate of drug-likeness (QED) is 0.337. The van der Waals surface area contributed by atoms with Crippen molar-refractivity contribution < 1.29 is 30.3 Å². The Balaban J connectivity index is 4.46. The van der Waals surface area contributed by atoms with Crippen LogP contribution in [0, 0.1) is 0 Å². The Morgan fingerprint density at radius 1 is 0.933 bits per heavy atom. The van der Waals surface area contributed by atoms with Crippen LogP contribution in [0.3, 0.4) is 0 Å². The third-order valence-corrected chi connectivity index (χ3v) is 1.91. The SMILES string of the molecule is CC(C)O[C@H]([C@@H](O)[C@@H](O)CO)[C@@H](O)CO. The summed E-state index contributed by atoms with van der Waals surface area (Å²) in [6.45, 7) is 2.15. The minimum atomic E-state index is -1.44. The van der Waals surface area contributed by atoms with Crippen molar-refractivity contribution in [2.24, 2.45) is 0 Å². The normalized spacial score (nSPS) is 20.0. The maximum atomic E-state index is 9.52. The van der Waals surface area contributed by atoms with Crippen LogP contribution in [0.1, 0.15) is 13.8 Å². The zero-order valence-corrected chi connectivity index (χ0v) is 8.95. The first-order chi connectivity index (χ1) is 6.93. The lowest BCUT2D eigenvalue weighted by Gasteiger charge is -2.30. The average Bonchev–Trinajstić information content (AvgIpc) is 2.22. The average molecular weight is 224 g/mol. The fourth-order valence-corrected chi connectivity index (χ4v) is 1.14. The van der Waals surface area contributed by atoms with Crippen molar-refractivity contribution in [1.82, 2.24) is 0 Å². The van der Waals surface area contributed by atoms with Crippen LogP contribution in [0.25, 0.3) is 0 Å². The molecule has 0 saturated heterocycles. The summed E-state index contributed by atoms with van der Waals surface area (Å²) in [6, 6.07) is 0. The second kappa shape index (κ2) is 7.10. The monoisotopic (exact) mass is 224 g/mol. The van der Waals surface area contributed by atoms with Crippen LogP contribution in [0.4, 0.5) is 0 Å². The van der Waals surface area contributed by atoms with Crippen LogP contribution in [0.2, 0.25) is 0 Å². The third-order valence-electron chi connectivity index (χ3n) is 1.91. The number of hydrogen-bond acceptors (Lipinski definition) is 6. The van der Waals surface area contributed by atoms with E-state index in [1.54, 1.807) is 13.8 Å². The van der Waals surface area contributed by atoms with Crippen molar-refractivity contribution in [3.63, 3.8) is 0 Å². The fourth-order valence-electron chi connectivity index (χ4n) is 1.14. The van der Waals surface area contributed by atoms with Gasteiger partial charge in [-0.1, -0.05) is 0 Å². The maximum absolute atomic E-state index is 9.52. The molecule has 0 rings (SSSR count). The molecule has 0 aromatic heterocycles. The first kappa shape index (κ1) is 14.8. The number of ether oxygens (including phenoxy) is 1. The van der Waals surface area contributed by atoms with E-state index in [2.05, 4.69) is 0 Å². The first-order valence-electron chi connectivity index (χ1n) is 4.85. The standard InChI is InChI=1S/C9H20O6/c1-5(2)15-9(7(13)4-11)8(14)6(12)3-10/h5-14H,3-4H2,1-2H3/t6-,7-,8-,9-/m0/s1. The van der Waals surface area contributed by atoms with Crippen molar-refractivity contribution in [2.45, 2.75) is 44.4 Å². The van der Waals surface area contributed by atoms with Gasteiger partial charge in [-0.3, -0.25) is 0 Å². The van der Waals surface area contributed by atoms with Gasteiger partial charge in [-0.15, -0.1) is 0 Å². The molecule has 0 aromatic rings. The Kier molecular flexibility index (Phi) is 6.99. The van der Waals surface area contributed by atoms with E-state index in [4.69, 9.17) is 14.9 Å². The van der Waals surface area contributed by atoms with E-state index >= 15 is 0 Å². The lowest BCUT2D eigenvalue weighted by atomic mass is 10.0. The van der Waals surface area contributed by atoms with Crippen LogP contribution >= 0.6 is 0 Å². The van der Waals surface area contributed by atoms with Gasteiger partial charge in [-0.2, -0.15) is 0 Å². The van der Waals surface area contributed by atoms with E-state index in [9.17, 15) is 15.3 Å². The van der Waals surface area contributed by atoms with Crippen molar-refractivity contribution in [2.75, 3.05) is 13.2 Å². The molecule has 4 atom stereocenters. The molecule has 92 valence electrons. The summed E-state index contributed by atoms with van der Waals surface area (Å²) in [6.07, 6.45) is -5.56. The van der Waals surface area contributed by atoms with E-state index < -0.39 is 37.6 Å². The second-order valence-corrected chi connectivity index (χ2v) is 3.64. The Morgan fingerprint density at radius 3 is 1.73 bits per heavy atom. The van der Waals surface area contributed by atoms with Gasteiger partial charge in [0.1, 0.15) is 24.4 Å². The number of aliphatic hydroxyl groups excluding tert-OH is 5. The molecule has 6 heteroatoms. The highest BCUT2D eigenvalue weighted by atomic mass is 16.5. The molecule has 0 amide bonds. The van der Waals surface area contributed by atoms with Gasteiger partial charge < -0.3 is 30.3 Å². The molecule has 0 fully saturated rings. The van der Waals surface area contributed by atoms with Gasteiger partial charge in [-0.05, 0) is 13.8 Å². The van der Waals surface area contributed by atoms with Crippen molar-refractivity contribution >= 4 is 0 Å². The molecule has 0 radical (unpaired) electrons. The lowest BCUT2D eigenvalue weighted by Crippen LogP contribution is -2.49. The van der Waals surface area contributed by atoms with Crippen LogP contribution in [0.15, 0.2) is 0 Å². The lowest BCUT2D eigenvalue weighted by molar-refractivity contribution is -0.162. The van der Waals surface area contributed by atoms with E-state index in [1.807, 2.05) is 0 Å². The topological polar surface area (TPSA) is 110 Å². The molecule has 0 bridgehead atoms. The zero-order chi connectivity index (χ0) is 12.0. The Morgan fingerprint density at radius 2 is 1.40 bits per heavy atom.